The second-order valence-corrected chi connectivity index (χ2v) is 6.35. The molecule has 1 amide bonds. The standard InChI is InChI=1S/C17H20N2O/c1-13-9-17(10-13,12-18)16(20)19-8-7-15(11-19)14-5-3-2-4-6-14/h2-6,13,15H,7-11H2,1H3. The minimum atomic E-state index is -0.717. The minimum absolute atomic E-state index is 0.0662. The Kier molecular flexibility index (Phi) is 3.25. The van der Waals surface area contributed by atoms with Crippen molar-refractivity contribution in [3.8, 4) is 6.07 Å². The zero-order chi connectivity index (χ0) is 14.2. The molecular weight excluding hydrogens is 248 g/mol. The first-order valence-electron chi connectivity index (χ1n) is 7.40. The second kappa shape index (κ2) is 4.94. The van der Waals surface area contributed by atoms with Crippen molar-refractivity contribution >= 4 is 5.91 Å². The van der Waals surface area contributed by atoms with Gasteiger partial charge >= 0.3 is 0 Å². The van der Waals surface area contributed by atoms with Crippen LogP contribution in [0.5, 0.6) is 0 Å². The molecule has 3 rings (SSSR count). The molecule has 1 aliphatic heterocycles. The van der Waals surface area contributed by atoms with E-state index in [9.17, 15) is 10.1 Å². The highest BCUT2D eigenvalue weighted by Gasteiger charge is 2.51. The van der Waals surface area contributed by atoms with Crippen LogP contribution in [0.15, 0.2) is 30.3 Å². The Bertz CT molecular complexity index is 540. The molecule has 1 heterocycles. The van der Waals surface area contributed by atoms with E-state index in [0.717, 1.165) is 32.4 Å². The highest BCUT2D eigenvalue weighted by atomic mass is 16.2. The van der Waals surface area contributed by atoms with Gasteiger partial charge in [0.25, 0.3) is 0 Å². The van der Waals surface area contributed by atoms with Gasteiger partial charge in [0.15, 0.2) is 0 Å². The van der Waals surface area contributed by atoms with Crippen LogP contribution in [0.4, 0.5) is 0 Å². The molecule has 20 heavy (non-hydrogen) atoms. The lowest BCUT2D eigenvalue weighted by Gasteiger charge is -2.41. The fourth-order valence-electron chi connectivity index (χ4n) is 3.69. The Balaban J connectivity index is 1.69. The molecule has 3 heteroatoms. The van der Waals surface area contributed by atoms with Gasteiger partial charge in [0.05, 0.1) is 6.07 Å². The number of amides is 1. The minimum Gasteiger partial charge on any atom is -0.341 e. The van der Waals surface area contributed by atoms with Gasteiger partial charge in [0.2, 0.25) is 5.91 Å². The van der Waals surface area contributed by atoms with E-state index in [1.54, 1.807) is 0 Å². The molecule has 2 aliphatic rings. The van der Waals surface area contributed by atoms with E-state index in [0.29, 0.717) is 11.8 Å². The normalized spacial score (nSPS) is 32.5. The van der Waals surface area contributed by atoms with Crippen molar-refractivity contribution in [2.45, 2.75) is 32.1 Å². The average molecular weight is 268 g/mol. The van der Waals surface area contributed by atoms with Crippen LogP contribution in [0.3, 0.4) is 0 Å². The van der Waals surface area contributed by atoms with Gasteiger partial charge in [-0.3, -0.25) is 4.79 Å². The molecule has 0 spiro atoms. The summed E-state index contributed by atoms with van der Waals surface area (Å²) in [4.78, 5) is 14.5. The summed E-state index contributed by atoms with van der Waals surface area (Å²) < 4.78 is 0. The van der Waals surface area contributed by atoms with Crippen molar-refractivity contribution in [3.05, 3.63) is 35.9 Å². The van der Waals surface area contributed by atoms with E-state index in [1.165, 1.54) is 5.56 Å². The number of benzene rings is 1. The number of likely N-dealkylation sites (tertiary alicyclic amines) is 1. The van der Waals surface area contributed by atoms with E-state index in [2.05, 4.69) is 25.1 Å². The third-order valence-electron chi connectivity index (χ3n) is 4.76. The predicted octanol–water partition coefficient (Wildman–Crippen LogP) is 2.94. The fraction of sp³-hybridized carbons (Fsp3) is 0.529. The van der Waals surface area contributed by atoms with Crippen molar-refractivity contribution in [2.75, 3.05) is 13.1 Å². The van der Waals surface area contributed by atoms with Crippen molar-refractivity contribution in [3.63, 3.8) is 0 Å². The molecule has 1 aromatic carbocycles. The van der Waals surface area contributed by atoms with Gasteiger partial charge in [-0.1, -0.05) is 37.3 Å². The van der Waals surface area contributed by atoms with Crippen LogP contribution in [0.2, 0.25) is 0 Å². The van der Waals surface area contributed by atoms with Crippen LogP contribution in [0.25, 0.3) is 0 Å². The maximum atomic E-state index is 12.6. The molecule has 1 saturated carbocycles. The Hall–Kier alpha value is -1.82. The maximum absolute atomic E-state index is 12.6. The van der Waals surface area contributed by atoms with Crippen LogP contribution in [-0.4, -0.2) is 23.9 Å². The van der Waals surface area contributed by atoms with Crippen LogP contribution < -0.4 is 0 Å². The molecule has 1 atom stereocenters. The molecule has 1 saturated heterocycles. The third kappa shape index (κ3) is 2.10. The zero-order valence-electron chi connectivity index (χ0n) is 11.9. The first-order valence-corrected chi connectivity index (χ1v) is 7.40. The van der Waals surface area contributed by atoms with Crippen molar-refractivity contribution < 1.29 is 4.79 Å². The van der Waals surface area contributed by atoms with Gasteiger partial charge in [-0.2, -0.15) is 5.26 Å². The largest absolute Gasteiger partial charge is 0.341 e. The third-order valence-corrected chi connectivity index (χ3v) is 4.76. The summed E-state index contributed by atoms with van der Waals surface area (Å²) in [5, 5.41) is 9.37. The lowest BCUT2D eigenvalue weighted by atomic mass is 9.63. The first-order chi connectivity index (χ1) is 9.64. The molecule has 0 radical (unpaired) electrons. The van der Waals surface area contributed by atoms with Crippen LogP contribution in [0.1, 0.15) is 37.7 Å². The number of rotatable bonds is 2. The van der Waals surface area contributed by atoms with Crippen molar-refractivity contribution in [1.29, 1.82) is 5.26 Å². The Morgan fingerprint density at radius 2 is 2.05 bits per heavy atom. The highest BCUT2D eigenvalue weighted by Crippen LogP contribution is 2.47. The van der Waals surface area contributed by atoms with E-state index in [1.807, 2.05) is 23.1 Å². The van der Waals surface area contributed by atoms with Crippen LogP contribution in [-0.2, 0) is 4.79 Å². The lowest BCUT2D eigenvalue weighted by Crippen LogP contribution is -2.49. The topological polar surface area (TPSA) is 44.1 Å². The summed E-state index contributed by atoms with van der Waals surface area (Å²) in [6.45, 7) is 3.66. The zero-order valence-corrected chi connectivity index (χ0v) is 11.9. The Morgan fingerprint density at radius 3 is 2.65 bits per heavy atom. The van der Waals surface area contributed by atoms with Gasteiger partial charge in [-0.15, -0.1) is 0 Å². The number of hydrogen-bond donors (Lipinski definition) is 0. The number of carbonyl (C=O) groups excluding carboxylic acids is 1. The number of carbonyl (C=O) groups is 1. The molecular formula is C17H20N2O. The van der Waals surface area contributed by atoms with E-state index in [4.69, 9.17) is 0 Å². The second-order valence-electron chi connectivity index (χ2n) is 6.35. The fourth-order valence-corrected chi connectivity index (χ4v) is 3.69. The summed E-state index contributed by atoms with van der Waals surface area (Å²) in [5.74, 6) is 0.996. The first kappa shape index (κ1) is 13.2. The maximum Gasteiger partial charge on any atom is 0.243 e. The molecule has 104 valence electrons. The van der Waals surface area contributed by atoms with Gasteiger partial charge < -0.3 is 4.90 Å². The highest BCUT2D eigenvalue weighted by molar-refractivity contribution is 5.87. The molecule has 3 nitrogen and oxygen atoms in total. The van der Waals surface area contributed by atoms with Gasteiger partial charge in [0, 0.05) is 19.0 Å². The average Bonchev–Trinajstić information content (AvgIpc) is 2.93. The number of nitriles is 1. The quantitative estimate of drug-likeness (QED) is 0.827. The smallest absolute Gasteiger partial charge is 0.243 e. The molecule has 1 unspecified atom stereocenters. The Labute approximate surface area is 120 Å². The van der Waals surface area contributed by atoms with Gasteiger partial charge in [0.1, 0.15) is 5.41 Å². The molecule has 1 aromatic rings. The molecule has 1 aliphatic carbocycles. The lowest BCUT2D eigenvalue weighted by molar-refractivity contribution is -0.144. The predicted molar refractivity (Wildman–Crippen MR) is 76.8 cm³/mol. The van der Waals surface area contributed by atoms with Crippen molar-refractivity contribution in [2.24, 2.45) is 11.3 Å². The summed E-state index contributed by atoms with van der Waals surface area (Å²) >= 11 is 0. The molecule has 2 fully saturated rings. The van der Waals surface area contributed by atoms with E-state index < -0.39 is 5.41 Å². The molecule has 0 bridgehead atoms. The van der Waals surface area contributed by atoms with E-state index >= 15 is 0 Å². The monoisotopic (exact) mass is 268 g/mol. The summed E-state index contributed by atoms with van der Waals surface area (Å²) in [6, 6.07) is 12.7. The number of hydrogen-bond acceptors (Lipinski definition) is 2. The van der Waals surface area contributed by atoms with Gasteiger partial charge in [-0.05, 0) is 30.7 Å². The summed E-state index contributed by atoms with van der Waals surface area (Å²) in [6.07, 6.45) is 2.47. The SMILES string of the molecule is CC1CC(C#N)(C(=O)N2CCC(c3ccccc3)C2)C1. The van der Waals surface area contributed by atoms with Crippen LogP contribution >= 0.6 is 0 Å². The van der Waals surface area contributed by atoms with Crippen LogP contribution in [0, 0.1) is 22.7 Å². The van der Waals surface area contributed by atoms with Gasteiger partial charge in [-0.25, -0.2) is 0 Å². The summed E-state index contributed by atoms with van der Waals surface area (Å²) in [5.41, 5.74) is 0.584. The number of nitrogens with zero attached hydrogens (tertiary/aromatic N) is 2. The molecule has 0 N–H and O–H groups in total. The van der Waals surface area contributed by atoms with Crippen molar-refractivity contribution in [1.82, 2.24) is 4.90 Å². The molecule has 0 aromatic heterocycles. The van der Waals surface area contributed by atoms with E-state index in [-0.39, 0.29) is 5.91 Å². The Morgan fingerprint density at radius 1 is 1.35 bits per heavy atom. The summed E-state index contributed by atoms with van der Waals surface area (Å²) in [7, 11) is 0.